The Balaban J connectivity index is 2.69. The fourth-order valence-corrected chi connectivity index (χ4v) is 3.11. The van der Waals surface area contributed by atoms with Gasteiger partial charge >= 0.3 is 0 Å². The van der Waals surface area contributed by atoms with Gasteiger partial charge < -0.3 is 5.32 Å². The van der Waals surface area contributed by atoms with Crippen molar-refractivity contribution < 1.29 is 13.2 Å². The molecule has 0 aromatic rings. The molecule has 1 amide bonds. The van der Waals surface area contributed by atoms with Crippen molar-refractivity contribution in [3.63, 3.8) is 0 Å². The fourth-order valence-electron chi connectivity index (χ4n) is 2.24. The van der Waals surface area contributed by atoms with Crippen LogP contribution in [-0.4, -0.2) is 45.3 Å². The van der Waals surface area contributed by atoms with Crippen LogP contribution in [0.4, 0.5) is 0 Å². The first kappa shape index (κ1) is 16.1. The molecule has 0 spiro atoms. The number of carbonyl (C=O) groups excluding carboxylic acids is 1. The van der Waals surface area contributed by atoms with E-state index in [9.17, 15) is 13.2 Å². The SMILES string of the molecule is C=CC(=O)NCC(NS(=O)(=O)N(C)C)C1CCCC1. The van der Waals surface area contributed by atoms with E-state index >= 15 is 0 Å². The summed E-state index contributed by atoms with van der Waals surface area (Å²) in [6, 6.07) is -0.265. The summed E-state index contributed by atoms with van der Waals surface area (Å²) in [5, 5.41) is 2.67. The molecule has 1 saturated carbocycles. The molecule has 1 fully saturated rings. The Kier molecular flexibility index (Phi) is 5.96. The Morgan fingerprint density at radius 3 is 2.47 bits per heavy atom. The predicted octanol–water partition coefficient (Wildman–Crippen LogP) is 0.243. The van der Waals surface area contributed by atoms with Crippen molar-refractivity contribution in [2.24, 2.45) is 5.92 Å². The van der Waals surface area contributed by atoms with Crippen molar-refractivity contribution in [3.8, 4) is 0 Å². The second-order valence-electron chi connectivity index (χ2n) is 5.01. The first-order valence-corrected chi connectivity index (χ1v) is 7.91. The van der Waals surface area contributed by atoms with Gasteiger partial charge in [-0.2, -0.15) is 17.4 Å². The zero-order valence-electron chi connectivity index (χ0n) is 11.6. The maximum atomic E-state index is 11.9. The molecule has 1 unspecified atom stereocenters. The van der Waals surface area contributed by atoms with Gasteiger partial charge in [0, 0.05) is 26.7 Å². The molecule has 2 N–H and O–H groups in total. The molecule has 7 heteroatoms. The molecule has 1 rings (SSSR count). The van der Waals surface area contributed by atoms with Gasteiger partial charge in [0.1, 0.15) is 0 Å². The predicted molar refractivity (Wildman–Crippen MR) is 74.7 cm³/mol. The fraction of sp³-hybridized carbons (Fsp3) is 0.750. The number of hydrogen-bond donors (Lipinski definition) is 2. The van der Waals surface area contributed by atoms with Crippen LogP contribution in [0.3, 0.4) is 0 Å². The molecule has 0 bridgehead atoms. The van der Waals surface area contributed by atoms with E-state index in [0.29, 0.717) is 6.54 Å². The second kappa shape index (κ2) is 7.02. The van der Waals surface area contributed by atoms with Gasteiger partial charge in [-0.3, -0.25) is 4.79 Å². The quantitative estimate of drug-likeness (QED) is 0.659. The molecule has 0 radical (unpaired) electrons. The van der Waals surface area contributed by atoms with Crippen molar-refractivity contribution >= 4 is 16.1 Å². The zero-order valence-corrected chi connectivity index (χ0v) is 12.4. The molecule has 6 nitrogen and oxygen atoms in total. The summed E-state index contributed by atoms with van der Waals surface area (Å²) in [5.74, 6) is -0.00751. The largest absolute Gasteiger partial charge is 0.351 e. The molecule has 0 saturated heterocycles. The lowest BCUT2D eigenvalue weighted by molar-refractivity contribution is -0.116. The first-order chi connectivity index (χ1) is 8.86. The summed E-state index contributed by atoms with van der Waals surface area (Å²) in [5.41, 5.74) is 0. The minimum atomic E-state index is -3.48. The van der Waals surface area contributed by atoms with Gasteiger partial charge in [0.25, 0.3) is 10.2 Å². The molecule has 0 aromatic heterocycles. The highest BCUT2D eigenvalue weighted by Crippen LogP contribution is 2.27. The van der Waals surface area contributed by atoms with E-state index in [4.69, 9.17) is 0 Å². The van der Waals surface area contributed by atoms with E-state index in [1.807, 2.05) is 0 Å². The van der Waals surface area contributed by atoms with Crippen LogP contribution in [0.5, 0.6) is 0 Å². The zero-order chi connectivity index (χ0) is 14.5. The Hall–Kier alpha value is -0.920. The van der Waals surface area contributed by atoms with Gasteiger partial charge in [-0.05, 0) is 24.8 Å². The van der Waals surface area contributed by atoms with Crippen LogP contribution in [0.2, 0.25) is 0 Å². The van der Waals surface area contributed by atoms with Crippen molar-refractivity contribution in [2.75, 3.05) is 20.6 Å². The molecule has 110 valence electrons. The molecule has 0 aliphatic heterocycles. The van der Waals surface area contributed by atoms with Crippen molar-refractivity contribution in [3.05, 3.63) is 12.7 Å². The lowest BCUT2D eigenvalue weighted by Crippen LogP contribution is -2.50. The minimum Gasteiger partial charge on any atom is -0.351 e. The van der Waals surface area contributed by atoms with Crippen LogP contribution in [-0.2, 0) is 15.0 Å². The van der Waals surface area contributed by atoms with Crippen LogP contribution in [0.25, 0.3) is 0 Å². The number of rotatable bonds is 7. The van der Waals surface area contributed by atoms with Gasteiger partial charge in [-0.15, -0.1) is 0 Å². The van der Waals surface area contributed by atoms with Gasteiger partial charge in [-0.25, -0.2) is 0 Å². The molecule has 1 aliphatic rings. The summed E-state index contributed by atoms with van der Waals surface area (Å²) >= 11 is 0. The summed E-state index contributed by atoms with van der Waals surface area (Å²) in [7, 11) is -0.518. The third kappa shape index (κ3) is 4.93. The first-order valence-electron chi connectivity index (χ1n) is 6.47. The highest BCUT2D eigenvalue weighted by molar-refractivity contribution is 7.87. The molecule has 0 aromatic carbocycles. The van der Waals surface area contributed by atoms with E-state index in [0.717, 1.165) is 30.0 Å². The summed E-state index contributed by atoms with van der Waals surface area (Å²) in [4.78, 5) is 11.2. The molecular formula is C12H23N3O3S. The molecule has 0 heterocycles. The number of nitrogens with one attached hydrogen (secondary N) is 2. The number of carbonyl (C=O) groups is 1. The maximum absolute atomic E-state index is 11.9. The third-order valence-corrected chi connectivity index (χ3v) is 4.99. The Morgan fingerprint density at radius 1 is 1.42 bits per heavy atom. The average Bonchev–Trinajstić information content (AvgIpc) is 2.87. The smallest absolute Gasteiger partial charge is 0.279 e. The average molecular weight is 289 g/mol. The summed E-state index contributed by atoms with van der Waals surface area (Å²) < 4.78 is 27.6. The van der Waals surface area contributed by atoms with E-state index in [1.54, 1.807) is 0 Å². The van der Waals surface area contributed by atoms with Crippen molar-refractivity contribution in [1.29, 1.82) is 0 Å². The second-order valence-corrected chi connectivity index (χ2v) is 6.92. The van der Waals surface area contributed by atoms with Gasteiger partial charge in [0.15, 0.2) is 0 Å². The summed E-state index contributed by atoms with van der Waals surface area (Å²) in [6.45, 7) is 3.67. The van der Waals surface area contributed by atoms with E-state index < -0.39 is 10.2 Å². The minimum absolute atomic E-state index is 0.265. The topological polar surface area (TPSA) is 78.5 Å². The molecular weight excluding hydrogens is 266 g/mol. The molecule has 19 heavy (non-hydrogen) atoms. The number of hydrogen-bond acceptors (Lipinski definition) is 3. The monoisotopic (exact) mass is 289 g/mol. The lowest BCUT2D eigenvalue weighted by Gasteiger charge is -2.26. The van der Waals surface area contributed by atoms with Crippen LogP contribution >= 0.6 is 0 Å². The van der Waals surface area contributed by atoms with Crippen molar-refractivity contribution in [1.82, 2.24) is 14.3 Å². The van der Waals surface area contributed by atoms with Crippen molar-refractivity contribution in [2.45, 2.75) is 31.7 Å². The van der Waals surface area contributed by atoms with Crippen LogP contribution < -0.4 is 10.0 Å². The van der Waals surface area contributed by atoms with E-state index in [1.165, 1.54) is 20.2 Å². The summed E-state index contributed by atoms with van der Waals surface area (Å²) in [6.07, 6.45) is 5.39. The Morgan fingerprint density at radius 2 is 2.00 bits per heavy atom. The van der Waals surface area contributed by atoms with Gasteiger partial charge in [-0.1, -0.05) is 19.4 Å². The Bertz CT molecular complexity index is 414. The van der Waals surface area contributed by atoms with E-state index in [2.05, 4.69) is 16.6 Å². The maximum Gasteiger partial charge on any atom is 0.279 e. The highest BCUT2D eigenvalue weighted by atomic mass is 32.2. The van der Waals surface area contributed by atoms with Gasteiger partial charge in [0.05, 0.1) is 0 Å². The normalized spacial score (nSPS) is 18.5. The highest BCUT2D eigenvalue weighted by Gasteiger charge is 2.29. The Labute approximate surface area is 115 Å². The number of amides is 1. The third-order valence-electron chi connectivity index (χ3n) is 3.43. The van der Waals surface area contributed by atoms with Crippen LogP contribution in [0, 0.1) is 5.92 Å². The lowest BCUT2D eigenvalue weighted by atomic mass is 9.99. The van der Waals surface area contributed by atoms with Crippen LogP contribution in [0.1, 0.15) is 25.7 Å². The molecule has 1 aliphatic carbocycles. The standard InChI is InChI=1S/C12H23N3O3S/c1-4-12(16)13-9-11(10-7-5-6-8-10)14-19(17,18)15(2)3/h4,10-11,14H,1,5-9H2,2-3H3,(H,13,16). The van der Waals surface area contributed by atoms with E-state index in [-0.39, 0.29) is 17.9 Å². The number of nitrogens with zero attached hydrogens (tertiary/aromatic N) is 1. The molecule has 1 atom stereocenters. The van der Waals surface area contributed by atoms with Crippen LogP contribution in [0.15, 0.2) is 12.7 Å². The van der Waals surface area contributed by atoms with Gasteiger partial charge in [0.2, 0.25) is 5.91 Å².